The molecule has 0 aromatic rings. The van der Waals surface area contributed by atoms with Crippen molar-refractivity contribution in [1.82, 2.24) is 0 Å². The Bertz CT molecular complexity index is 826. The molecular formula is C58H118O9. The normalized spacial score (nSPS) is 11.0. The molecule has 0 rings (SSSR count). The number of carboxylic acids is 3. The highest BCUT2D eigenvalue weighted by atomic mass is 16.5. The third kappa shape index (κ3) is 87.8. The maximum absolute atomic E-state index is 10.3. The van der Waals surface area contributed by atoms with E-state index in [1.165, 1.54) is 212 Å². The second-order valence-electron chi connectivity index (χ2n) is 20.8. The first kappa shape index (κ1) is 71.8. The molecule has 0 bridgehead atoms. The number of aliphatic hydroxyl groups is 2. The van der Waals surface area contributed by atoms with E-state index in [1.807, 2.05) is 0 Å². The fraction of sp³-hybridized carbons (Fsp3) is 0.948. The van der Waals surface area contributed by atoms with E-state index < -0.39 is 17.9 Å². The molecule has 0 heterocycles. The molecule has 0 amide bonds. The topological polar surface area (TPSA) is 162 Å². The quantitative estimate of drug-likeness (QED) is 0.0374. The first-order chi connectivity index (χ1) is 32.3. The second-order valence-corrected chi connectivity index (χ2v) is 20.8. The van der Waals surface area contributed by atoms with E-state index in [0.29, 0.717) is 32.5 Å². The summed E-state index contributed by atoms with van der Waals surface area (Å²) in [4.78, 5) is 31.0. The lowest BCUT2D eigenvalue weighted by Gasteiger charge is -2.04. The van der Waals surface area contributed by atoms with Crippen LogP contribution in [0.1, 0.15) is 311 Å². The molecule has 0 aromatic heterocycles. The molecule has 0 aliphatic carbocycles. The van der Waals surface area contributed by atoms with Crippen molar-refractivity contribution in [1.29, 1.82) is 0 Å². The summed E-state index contributed by atoms with van der Waals surface area (Å²) < 4.78 is 4.63. The second kappa shape index (κ2) is 64.3. The number of aliphatic hydroxyl groups excluding tert-OH is 2. The van der Waals surface area contributed by atoms with Crippen LogP contribution in [-0.2, 0) is 19.1 Å². The molecule has 0 saturated heterocycles. The van der Waals surface area contributed by atoms with E-state index in [2.05, 4.69) is 46.3 Å². The summed E-state index contributed by atoms with van der Waals surface area (Å²) in [5.74, 6) is 0.636. The number of rotatable bonds is 49. The van der Waals surface area contributed by atoms with Crippen LogP contribution in [0, 0.1) is 17.8 Å². The summed E-state index contributed by atoms with van der Waals surface area (Å²) in [5, 5.41) is 41.7. The summed E-state index contributed by atoms with van der Waals surface area (Å²) in [6.45, 7) is 14.5. The van der Waals surface area contributed by atoms with Gasteiger partial charge in [-0.3, -0.25) is 14.4 Å². The minimum Gasteiger partial charge on any atom is -0.481 e. The molecular weight excluding hydrogens is 841 g/mol. The van der Waals surface area contributed by atoms with Crippen molar-refractivity contribution < 1.29 is 44.7 Å². The van der Waals surface area contributed by atoms with Gasteiger partial charge in [-0.1, -0.05) is 273 Å². The number of unbranched alkanes of at least 4 members (excludes halogenated alkanes) is 33. The summed E-state index contributed by atoms with van der Waals surface area (Å²) in [7, 11) is 0. The van der Waals surface area contributed by atoms with Gasteiger partial charge in [0, 0.05) is 19.3 Å². The van der Waals surface area contributed by atoms with Gasteiger partial charge in [0.05, 0.1) is 26.4 Å². The van der Waals surface area contributed by atoms with Crippen molar-refractivity contribution in [2.45, 2.75) is 311 Å². The van der Waals surface area contributed by atoms with Crippen LogP contribution in [0.25, 0.3) is 0 Å². The molecule has 404 valence electrons. The van der Waals surface area contributed by atoms with E-state index in [0.717, 1.165) is 56.3 Å². The fourth-order valence-electron chi connectivity index (χ4n) is 8.02. The number of hydrogen-bond acceptors (Lipinski definition) is 6. The Morgan fingerprint density at radius 1 is 0.284 bits per heavy atom. The Morgan fingerprint density at radius 2 is 0.433 bits per heavy atom. The Hall–Kier alpha value is -1.71. The largest absolute Gasteiger partial charge is 0.481 e. The van der Waals surface area contributed by atoms with Crippen LogP contribution in [0.2, 0.25) is 0 Å². The monoisotopic (exact) mass is 959 g/mol. The average Bonchev–Trinajstić information content (AvgIpc) is 3.27. The maximum atomic E-state index is 10.3. The average molecular weight is 960 g/mol. The molecule has 0 saturated carbocycles. The van der Waals surface area contributed by atoms with Crippen LogP contribution in [0.15, 0.2) is 0 Å². The van der Waals surface area contributed by atoms with E-state index in [9.17, 15) is 14.4 Å². The van der Waals surface area contributed by atoms with Crippen LogP contribution < -0.4 is 0 Å². The molecule has 0 aromatic carbocycles. The molecule has 67 heavy (non-hydrogen) atoms. The Kier molecular flexibility index (Phi) is 68.9. The van der Waals surface area contributed by atoms with E-state index in [1.54, 1.807) is 0 Å². The van der Waals surface area contributed by atoms with Gasteiger partial charge >= 0.3 is 17.9 Å². The number of hydrogen-bond donors (Lipinski definition) is 5. The highest BCUT2D eigenvalue weighted by Crippen LogP contribution is 2.17. The van der Waals surface area contributed by atoms with E-state index >= 15 is 0 Å². The van der Waals surface area contributed by atoms with E-state index in [4.69, 9.17) is 25.5 Å². The SMILES string of the molecule is CC(C)CCCCCCCCCCCCCCC(=O)O.CC(C)CCCCCCCCCCCCCCC(=O)O.CC(C)CCCCCCCCCCCCCCC(=O)O.OCCOCCO. The van der Waals surface area contributed by atoms with Crippen molar-refractivity contribution in [3.8, 4) is 0 Å². The molecule has 9 heteroatoms. The minimum absolute atomic E-state index is 0.0278. The van der Waals surface area contributed by atoms with Gasteiger partial charge in [-0.15, -0.1) is 0 Å². The Balaban J connectivity index is -0.000000414. The summed E-state index contributed by atoms with van der Waals surface area (Å²) in [6, 6.07) is 0. The summed E-state index contributed by atoms with van der Waals surface area (Å²) >= 11 is 0. The molecule has 5 N–H and O–H groups in total. The molecule has 9 nitrogen and oxygen atoms in total. The Morgan fingerprint density at radius 3 is 0.567 bits per heavy atom. The van der Waals surface area contributed by atoms with Crippen LogP contribution in [0.5, 0.6) is 0 Å². The Labute approximate surface area is 416 Å². The van der Waals surface area contributed by atoms with Crippen molar-refractivity contribution in [2.24, 2.45) is 17.8 Å². The van der Waals surface area contributed by atoms with Crippen molar-refractivity contribution in [2.75, 3.05) is 26.4 Å². The van der Waals surface area contributed by atoms with Crippen LogP contribution in [0.4, 0.5) is 0 Å². The van der Waals surface area contributed by atoms with Gasteiger partial charge in [0.1, 0.15) is 0 Å². The van der Waals surface area contributed by atoms with E-state index in [-0.39, 0.29) is 13.2 Å². The van der Waals surface area contributed by atoms with Crippen molar-refractivity contribution >= 4 is 17.9 Å². The number of carbonyl (C=O) groups is 3. The van der Waals surface area contributed by atoms with Crippen molar-refractivity contribution in [3.05, 3.63) is 0 Å². The van der Waals surface area contributed by atoms with Gasteiger partial charge in [0.2, 0.25) is 0 Å². The van der Waals surface area contributed by atoms with Crippen LogP contribution in [0.3, 0.4) is 0 Å². The molecule has 0 unspecified atom stereocenters. The minimum atomic E-state index is -0.654. The predicted octanol–water partition coefficient (Wildman–Crippen LogP) is 17.6. The van der Waals surface area contributed by atoms with Gasteiger partial charge in [0.15, 0.2) is 0 Å². The number of carboxylic acid groups (broad SMARTS) is 3. The lowest BCUT2D eigenvalue weighted by molar-refractivity contribution is -0.138. The standard InChI is InChI=1S/3C18H36O2.C4H10O3/c3*1-17(2)15-13-11-9-7-5-3-4-6-8-10-12-14-16-18(19)20;5-1-3-7-4-2-6/h3*17H,3-16H2,1-2H3,(H,19,20);5-6H,1-4H2. The smallest absolute Gasteiger partial charge is 0.303 e. The maximum Gasteiger partial charge on any atom is 0.303 e. The fourth-order valence-corrected chi connectivity index (χ4v) is 8.02. The van der Waals surface area contributed by atoms with Gasteiger partial charge in [0.25, 0.3) is 0 Å². The number of ether oxygens (including phenoxy) is 1. The van der Waals surface area contributed by atoms with Gasteiger partial charge in [-0.2, -0.15) is 0 Å². The first-order valence-electron chi connectivity index (χ1n) is 28.7. The predicted molar refractivity (Wildman–Crippen MR) is 286 cm³/mol. The lowest BCUT2D eigenvalue weighted by Crippen LogP contribution is -2.03. The first-order valence-corrected chi connectivity index (χ1v) is 28.7. The zero-order chi connectivity index (χ0) is 50.7. The van der Waals surface area contributed by atoms with Crippen molar-refractivity contribution in [3.63, 3.8) is 0 Å². The molecule has 0 atom stereocenters. The summed E-state index contributed by atoms with van der Waals surface area (Å²) in [5.41, 5.74) is 0. The van der Waals surface area contributed by atoms with Crippen LogP contribution in [-0.4, -0.2) is 69.9 Å². The molecule has 0 radical (unpaired) electrons. The van der Waals surface area contributed by atoms with Gasteiger partial charge in [-0.05, 0) is 37.0 Å². The number of aliphatic carboxylic acids is 3. The summed E-state index contributed by atoms with van der Waals surface area (Å²) in [6.07, 6.45) is 52.0. The van der Waals surface area contributed by atoms with Gasteiger partial charge in [-0.25, -0.2) is 0 Å². The molecule has 0 fully saturated rings. The third-order valence-corrected chi connectivity index (χ3v) is 12.2. The lowest BCUT2D eigenvalue weighted by atomic mass is 10.0. The zero-order valence-electron chi connectivity index (χ0n) is 45.6. The molecule has 0 aliphatic rings. The highest BCUT2D eigenvalue weighted by molar-refractivity contribution is 5.67. The van der Waals surface area contributed by atoms with Gasteiger partial charge < -0.3 is 30.3 Å². The molecule has 0 spiro atoms. The molecule has 0 aliphatic heterocycles. The zero-order valence-corrected chi connectivity index (χ0v) is 45.6. The van der Waals surface area contributed by atoms with Crippen LogP contribution >= 0.6 is 0 Å². The highest BCUT2D eigenvalue weighted by Gasteiger charge is 2.01. The third-order valence-electron chi connectivity index (χ3n) is 12.2.